The van der Waals surface area contributed by atoms with Gasteiger partial charge in [0.15, 0.2) is 0 Å². The zero-order valence-corrected chi connectivity index (χ0v) is 13.5. The number of anilines is 1. The average Bonchev–Trinajstić information content (AvgIpc) is 2.42. The fourth-order valence-electron chi connectivity index (χ4n) is 1.55. The number of amides is 1. The molecule has 0 saturated heterocycles. The minimum absolute atomic E-state index is 0.0643. The molecule has 0 radical (unpaired) electrons. The van der Waals surface area contributed by atoms with Crippen LogP contribution in [0.25, 0.3) is 0 Å². The third-order valence-electron chi connectivity index (χ3n) is 2.69. The molecule has 21 heavy (non-hydrogen) atoms. The van der Waals surface area contributed by atoms with E-state index in [1.54, 1.807) is 18.2 Å². The van der Waals surface area contributed by atoms with Crippen LogP contribution in [-0.4, -0.2) is 42.0 Å². The summed E-state index contributed by atoms with van der Waals surface area (Å²) in [6.07, 6.45) is 1.19. The first-order valence-corrected chi connectivity index (χ1v) is 9.96. The number of rotatable bonds is 8. The van der Waals surface area contributed by atoms with Crippen molar-refractivity contribution in [2.45, 2.75) is 13.0 Å². The fourth-order valence-corrected chi connectivity index (χ4v) is 4.12. The van der Waals surface area contributed by atoms with E-state index >= 15 is 0 Å². The van der Waals surface area contributed by atoms with Crippen molar-refractivity contribution in [3.63, 3.8) is 0 Å². The van der Waals surface area contributed by atoms with Gasteiger partial charge in [-0.1, -0.05) is 12.1 Å². The number of benzene rings is 1. The van der Waals surface area contributed by atoms with E-state index in [0.29, 0.717) is 12.2 Å². The van der Waals surface area contributed by atoms with Crippen molar-refractivity contribution in [2.24, 2.45) is 5.73 Å². The summed E-state index contributed by atoms with van der Waals surface area (Å²) < 4.78 is 33.5. The molecule has 1 unspecified atom stereocenters. The molecule has 1 aromatic rings. The lowest BCUT2D eigenvalue weighted by molar-refractivity contribution is -0.115. The third-order valence-corrected chi connectivity index (χ3v) is 5.21. The molecule has 0 spiro atoms. The van der Waals surface area contributed by atoms with Crippen LogP contribution < -0.4 is 11.1 Å². The Kier molecular flexibility index (Phi) is 7.00. The lowest BCUT2D eigenvalue weighted by atomic mass is 10.2. The SMILES string of the molecule is CS(=O)(=O)CCS(=O)CCC(=O)Nc1cccc(CN)c1. The summed E-state index contributed by atoms with van der Waals surface area (Å²) in [5.74, 6) is -0.163. The minimum atomic E-state index is -3.12. The molecule has 1 atom stereocenters. The molecule has 0 aliphatic rings. The van der Waals surface area contributed by atoms with Crippen molar-refractivity contribution in [3.05, 3.63) is 29.8 Å². The van der Waals surface area contributed by atoms with Crippen LogP contribution in [0.3, 0.4) is 0 Å². The molecular weight excluding hydrogens is 312 g/mol. The van der Waals surface area contributed by atoms with Crippen molar-refractivity contribution in [1.29, 1.82) is 0 Å². The van der Waals surface area contributed by atoms with Crippen LogP contribution in [0.4, 0.5) is 5.69 Å². The zero-order chi connectivity index (χ0) is 15.9. The summed E-state index contributed by atoms with van der Waals surface area (Å²) in [5.41, 5.74) is 7.06. The predicted molar refractivity (Wildman–Crippen MR) is 85.2 cm³/mol. The summed E-state index contributed by atoms with van der Waals surface area (Å²) in [7, 11) is -4.43. The molecular formula is C13H20N2O4S2. The van der Waals surface area contributed by atoms with Gasteiger partial charge in [0.25, 0.3) is 0 Å². The Morgan fingerprint density at radius 2 is 2.05 bits per heavy atom. The van der Waals surface area contributed by atoms with Gasteiger partial charge >= 0.3 is 0 Å². The molecule has 1 amide bonds. The number of nitrogens with two attached hydrogens (primary N) is 1. The van der Waals surface area contributed by atoms with Gasteiger partial charge in [-0.3, -0.25) is 9.00 Å². The number of nitrogens with one attached hydrogen (secondary N) is 1. The van der Waals surface area contributed by atoms with Crippen LogP contribution >= 0.6 is 0 Å². The lowest BCUT2D eigenvalue weighted by Crippen LogP contribution is -2.18. The number of carbonyl (C=O) groups is 1. The molecule has 6 nitrogen and oxygen atoms in total. The van der Waals surface area contributed by atoms with Gasteiger partial charge in [-0.25, -0.2) is 8.42 Å². The van der Waals surface area contributed by atoms with Gasteiger partial charge < -0.3 is 11.1 Å². The fraction of sp³-hybridized carbons (Fsp3) is 0.462. The molecule has 0 bridgehead atoms. The molecule has 0 fully saturated rings. The van der Waals surface area contributed by atoms with E-state index in [4.69, 9.17) is 5.73 Å². The summed E-state index contributed by atoms with van der Waals surface area (Å²) in [4.78, 5) is 11.7. The predicted octanol–water partition coefficient (Wildman–Crippen LogP) is 0.267. The highest BCUT2D eigenvalue weighted by Gasteiger charge is 2.09. The Morgan fingerprint density at radius 3 is 2.67 bits per heavy atom. The maximum absolute atomic E-state index is 11.7. The second-order valence-corrected chi connectivity index (χ2v) is 8.64. The Hall–Kier alpha value is -1.25. The first-order chi connectivity index (χ1) is 9.80. The number of hydrogen-bond acceptors (Lipinski definition) is 5. The smallest absolute Gasteiger partial charge is 0.225 e. The van der Waals surface area contributed by atoms with Gasteiger partial charge in [0.2, 0.25) is 5.91 Å². The molecule has 0 aromatic heterocycles. The molecule has 8 heteroatoms. The monoisotopic (exact) mass is 332 g/mol. The van der Waals surface area contributed by atoms with Crippen LogP contribution in [0.15, 0.2) is 24.3 Å². The summed E-state index contributed by atoms with van der Waals surface area (Å²) >= 11 is 0. The van der Waals surface area contributed by atoms with E-state index in [1.807, 2.05) is 6.07 Å². The molecule has 3 N–H and O–H groups in total. The normalized spacial score (nSPS) is 12.9. The van der Waals surface area contributed by atoms with E-state index in [0.717, 1.165) is 11.8 Å². The lowest BCUT2D eigenvalue weighted by Gasteiger charge is -2.06. The standard InChI is InChI=1S/C13H20N2O4S2/c1-21(18,19)8-7-20(17)6-5-13(16)15-12-4-2-3-11(9-12)10-14/h2-4,9H,5-8,10,14H2,1H3,(H,15,16). The van der Waals surface area contributed by atoms with E-state index in [2.05, 4.69) is 5.32 Å². The largest absolute Gasteiger partial charge is 0.326 e. The second-order valence-electron chi connectivity index (χ2n) is 4.68. The van der Waals surface area contributed by atoms with Crippen molar-refractivity contribution in [3.8, 4) is 0 Å². The van der Waals surface area contributed by atoms with Gasteiger partial charge in [0.05, 0.1) is 5.75 Å². The maximum Gasteiger partial charge on any atom is 0.225 e. The topological polar surface area (TPSA) is 106 Å². The van der Waals surface area contributed by atoms with Gasteiger partial charge in [-0.05, 0) is 17.7 Å². The molecule has 1 aromatic carbocycles. The molecule has 118 valence electrons. The number of carbonyl (C=O) groups excluding carboxylic acids is 1. The highest BCUT2D eigenvalue weighted by Crippen LogP contribution is 2.10. The minimum Gasteiger partial charge on any atom is -0.326 e. The van der Waals surface area contributed by atoms with E-state index in [1.165, 1.54) is 0 Å². The van der Waals surface area contributed by atoms with E-state index < -0.39 is 20.6 Å². The van der Waals surface area contributed by atoms with Crippen molar-refractivity contribution in [1.82, 2.24) is 0 Å². The van der Waals surface area contributed by atoms with Gasteiger partial charge in [-0.15, -0.1) is 0 Å². The van der Waals surface area contributed by atoms with Crippen molar-refractivity contribution >= 4 is 32.2 Å². The van der Waals surface area contributed by atoms with Gasteiger partial charge in [0, 0.05) is 47.2 Å². The molecule has 0 aliphatic heterocycles. The summed E-state index contributed by atoms with van der Waals surface area (Å²) in [5, 5.41) is 2.70. The summed E-state index contributed by atoms with van der Waals surface area (Å²) in [6, 6.07) is 7.17. The van der Waals surface area contributed by atoms with Gasteiger partial charge in [-0.2, -0.15) is 0 Å². The second kappa shape index (κ2) is 8.26. The molecule has 1 rings (SSSR count). The molecule has 0 aliphatic carbocycles. The van der Waals surface area contributed by atoms with Crippen LogP contribution in [0.2, 0.25) is 0 Å². The van der Waals surface area contributed by atoms with E-state index in [9.17, 15) is 17.4 Å². The molecule has 0 saturated carbocycles. The number of sulfone groups is 1. The highest BCUT2D eigenvalue weighted by atomic mass is 32.2. The zero-order valence-electron chi connectivity index (χ0n) is 11.9. The van der Waals surface area contributed by atoms with Gasteiger partial charge in [0.1, 0.15) is 9.84 Å². The Bertz CT molecular complexity index is 614. The van der Waals surface area contributed by atoms with Crippen molar-refractivity contribution in [2.75, 3.05) is 28.8 Å². The van der Waals surface area contributed by atoms with E-state index in [-0.39, 0.29) is 29.6 Å². The average molecular weight is 332 g/mol. The maximum atomic E-state index is 11.7. The highest BCUT2D eigenvalue weighted by molar-refractivity contribution is 7.92. The molecule has 0 heterocycles. The third kappa shape index (κ3) is 7.93. The quantitative estimate of drug-likeness (QED) is 0.710. The van der Waals surface area contributed by atoms with Crippen LogP contribution in [0.1, 0.15) is 12.0 Å². The summed E-state index contributed by atoms with van der Waals surface area (Å²) in [6.45, 7) is 0.388. The Balaban J connectivity index is 2.38. The Morgan fingerprint density at radius 1 is 1.33 bits per heavy atom. The first kappa shape index (κ1) is 17.8. The van der Waals surface area contributed by atoms with Crippen LogP contribution in [-0.2, 0) is 32.0 Å². The van der Waals surface area contributed by atoms with Crippen LogP contribution in [0.5, 0.6) is 0 Å². The van der Waals surface area contributed by atoms with Crippen molar-refractivity contribution < 1.29 is 17.4 Å². The van der Waals surface area contributed by atoms with Crippen LogP contribution in [0, 0.1) is 0 Å². The Labute approximate surface area is 127 Å². The number of hydrogen-bond donors (Lipinski definition) is 2. The first-order valence-electron chi connectivity index (χ1n) is 6.42.